The predicted molar refractivity (Wildman–Crippen MR) is 163 cm³/mol. The largest absolute Gasteiger partial charge is 0.354 e. The van der Waals surface area contributed by atoms with Crippen LogP contribution >= 0.6 is 22.8 Å². The molecular weight excluding hydrogens is 629 g/mol. The van der Waals surface area contributed by atoms with Gasteiger partial charge in [-0.15, -0.1) is 0 Å². The average Bonchev–Trinajstić information content (AvgIpc) is 2.88. The van der Waals surface area contributed by atoms with Crippen LogP contribution in [0.1, 0.15) is 41.5 Å². The molecule has 254 valence electrons. The lowest BCUT2D eigenvalue weighted by Gasteiger charge is -2.24. The molecular formula is C24H51N4O12P3. The molecule has 3 N–H and O–H groups in total. The summed E-state index contributed by atoms with van der Waals surface area (Å²) in [6.45, 7) is 12.1. The number of carbonyl (C=O) groups excluding carboxylic acids is 3. The van der Waals surface area contributed by atoms with Crippen molar-refractivity contribution in [1.82, 2.24) is 20.9 Å². The molecule has 43 heavy (non-hydrogen) atoms. The maximum atomic E-state index is 12.6. The average molecular weight is 681 g/mol. The minimum absolute atomic E-state index is 0.130. The molecule has 0 aliphatic heterocycles. The minimum atomic E-state index is -3.56. The molecule has 0 saturated heterocycles. The van der Waals surface area contributed by atoms with Crippen LogP contribution in [0.4, 0.5) is 0 Å². The van der Waals surface area contributed by atoms with E-state index in [1.54, 1.807) is 41.5 Å². The molecule has 3 amide bonds. The molecule has 0 aliphatic rings. The summed E-state index contributed by atoms with van der Waals surface area (Å²) in [5.74, 6) is -1.55. The van der Waals surface area contributed by atoms with Crippen LogP contribution in [0.2, 0.25) is 0 Å². The Hall–Kier alpha value is -1.18. The molecule has 0 atom stereocenters. The van der Waals surface area contributed by atoms with Gasteiger partial charge in [0.05, 0.1) is 39.6 Å². The summed E-state index contributed by atoms with van der Waals surface area (Å²) in [5.41, 5.74) is 0. The summed E-state index contributed by atoms with van der Waals surface area (Å²) in [4.78, 5) is 39.0. The minimum Gasteiger partial charge on any atom is -0.354 e. The Labute approximate surface area is 255 Å². The van der Waals surface area contributed by atoms with Gasteiger partial charge >= 0.3 is 22.8 Å². The van der Waals surface area contributed by atoms with Gasteiger partial charge in [-0.05, 0) is 41.5 Å². The van der Waals surface area contributed by atoms with E-state index >= 15 is 0 Å². The third-order valence-electron chi connectivity index (χ3n) is 5.22. The van der Waals surface area contributed by atoms with Crippen molar-refractivity contribution in [3.05, 3.63) is 0 Å². The normalized spacial score (nSPS) is 12.3. The van der Waals surface area contributed by atoms with Crippen molar-refractivity contribution in [3.8, 4) is 0 Å². The van der Waals surface area contributed by atoms with Gasteiger partial charge in [0.15, 0.2) is 0 Å². The van der Waals surface area contributed by atoms with Crippen LogP contribution in [0.5, 0.6) is 0 Å². The second kappa shape index (κ2) is 23.2. The molecule has 0 bridgehead atoms. The molecule has 16 nitrogen and oxygen atoms in total. The Morgan fingerprint density at radius 1 is 0.465 bits per heavy atom. The van der Waals surface area contributed by atoms with Crippen molar-refractivity contribution in [2.24, 2.45) is 0 Å². The third kappa shape index (κ3) is 19.7. The second-order valence-corrected chi connectivity index (χ2v) is 14.9. The number of hydrogen-bond acceptors (Lipinski definition) is 13. The molecule has 19 heteroatoms. The van der Waals surface area contributed by atoms with E-state index in [0.29, 0.717) is 19.6 Å². The molecule has 0 aliphatic carbocycles. The van der Waals surface area contributed by atoms with Crippen molar-refractivity contribution in [3.63, 3.8) is 0 Å². The van der Waals surface area contributed by atoms with Crippen LogP contribution in [-0.4, -0.2) is 120 Å². The van der Waals surface area contributed by atoms with Crippen molar-refractivity contribution in [2.45, 2.75) is 41.5 Å². The molecule has 0 heterocycles. The first-order valence-corrected chi connectivity index (χ1v) is 19.7. The number of hydrogen-bond donors (Lipinski definition) is 3. The maximum Gasteiger partial charge on any atom is 0.340 e. The summed E-state index contributed by atoms with van der Waals surface area (Å²) < 4.78 is 68.8. The Morgan fingerprint density at radius 3 is 0.860 bits per heavy atom. The van der Waals surface area contributed by atoms with Crippen LogP contribution in [0.25, 0.3) is 0 Å². The Kier molecular flexibility index (Phi) is 22.6. The highest BCUT2D eigenvalue weighted by Crippen LogP contribution is 2.48. The van der Waals surface area contributed by atoms with Gasteiger partial charge in [0.25, 0.3) is 0 Å². The van der Waals surface area contributed by atoms with E-state index < -0.39 is 59.0 Å². The Morgan fingerprint density at radius 2 is 0.674 bits per heavy atom. The van der Waals surface area contributed by atoms with Crippen LogP contribution in [0, 0.1) is 0 Å². The highest BCUT2D eigenvalue weighted by molar-refractivity contribution is 7.55. The standard InChI is InChI=1S/C24H51N4O12P3/c1-7-35-41(32,36-8-2)19-22(29)25-13-16-28(17-14-26-23(30)20-42(33,37-9-3)38-10-4)18-15-27-24(31)21-43(34,39-11-5)40-12-6/h7-21H2,1-6H3,(H,25,29)(H,26,30)(H,27,31). The zero-order valence-corrected chi connectivity index (χ0v) is 29.0. The monoisotopic (exact) mass is 680 g/mol. The summed E-state index contributed by atoms with van der Waals surface area (Å²) >= 11 is 0. The van der Waals surface area contributed by atoms with Crippen molar-refractivity contribution in [2.75, 3.05) is 97.4 Å². The van der Waals surface area contributed by atoms with E-state index in [0.717, 1.165) is 0 Å². The fourth-order valence-electron chi connectivity index (χ4n) is 3.66. The number of rotatable bonds is 27. The van der Waals surface area contributed by atoms with E-state index in [9.17, 15) is 28.1 Å². The smallest absolute Gasteiger partial charge is 0.340 e. The van der Waals surface area contributed by atoms with E-state index in [2.05, 4.69) is 16.0 Å². The molecule has 0 rings (SSSR count). The molecule has 0 spiro atoms. The summed E-state index contributed by atoms with van der Waals surface area (Å²) in [7, 11) is -10.7. The first kappa shape index (κ1) is 41.8. The zero-order chi connectivity index (χ0) is 32.8. The quantitative estimate of drug-likeness (QED) is 0.107. The van der Waals surface area contributed by atoms with Crippen molar-refractivity contribution < 1.29 is 55.2 Å². The number of amides is 3. The number of carbonyl (C=O) groups is 3. The molecule has 0 aromatic heterocycles. The highest BCUT2D eigenvalue weighted by atomic mass is 31.2. The molecule has 0 radical (unpaired) electrons. The predicted octanol–water partition coefficient (Wildman–Crippen LogP) is 2.44. The van der Waals surface area contributed by atoms with Gasteiger partial charge in [0.1, 0.15) is 18.5 Å². The Balaban J connectivity index is 5.14. The molecule has 0 unspecified atom stereocenters. The SMILES string of the molecule is CCOP(=O)(CC(=O)NCCN(CCNC(=O)CP(=O)(OCC)OCC)CCNC(=O)CP(=O)(OCC)OCC)OCC. The van der Waals surface area contributed by atoms with Crippen LogP contribution < -0.4 is 16.0 Å². The molecule has 0 fully saturated rings. The fraction of sp³-hybridized carbons (Fsp3) is 0.875. The summed E-state index contributed by atoms with van der Waals surface area (Å²) in [6, 6.07) is 0. The maximum absolute atomic E-state index is 12.6. The lowest BCUT2D eigenvalue weighted by atomic mass is 10.4. The van der Waals surface area contributed by atoms with Gasteiger partial charge in [-0.25, -0.2) is 0 Å². The third-order valence-corrected chi connectivity index (χ3v) is 11.2. The van der Waals surface area contributed by atoms with Gasteiger partial charge in [-0.2, -0.15) is 0 Å². The zero-order valence-electron chi connectivity index (χ0n) is 26.3. The van der Waals surface area contributed by atoms with Crippen LogP contribution in [0.15, 0.2) is 0 Å². The number of nitrogens with one attached hydrogen (secondary N) is 3. The molecule has 0 saturated carbocycles. The first-order valence-electron chi connectivity index (χ1n) is 14.5. The second-order valence-electron chi connectivity index (χ2n) is 8.71. The lowest BCUT2D eigenvalue weighted by molar-refractivity contribution is -0.119. The number of nitrogens with zero attached hydrogens (tertiary/aromatic N) is 1. The summed E-state index contributed by atoms with van der Waals surface area (Å²) in [5, 5.41) is 8.02. The van der Waals surface area contributed by atoms with Gasteiger partial charge in [-0.3, -0.25) is 33.0 Å². The van der Waals surface area contributed by atoms with Crippen molar-refractivity contribution >= 4 is 40.5 Å². The van der Waals surface area contributed by atoms with Gasteiger partial charge in [-0.1, -0.05) is 0 Å². The van der Waals surface area contributed by atoms with E-state index in [4.69, 9.17) is 27.1 Å². The van der Waals surface area contributed by atoms with Crippen LogP contribution in [-0.2, 0) is 55.2 Å². The van der Waals surface area contributed by atoms with Gasteiger partial charge in [0.2, 0.25) is 17.7 Å². The van der Waals surface area contributed by atoms with E-state index in [1.807, 2.05) is 4.90 Å². The molecule has 0 aromatic carbocycles. The van der Waals surface area contributed by atoms with E-state index in [1.165, 1.54) is 0 Å². The fourth-order valence-corrected chi connectivity index (χ4v) is 8.18. The topological polar surface area (TPSA) is 197 Å². The van der Waals surface area contributed by atoms with Gasteiger partial charge < -0.3 is 43.1 Å². The molecule has 0 aromatic rings. The Bertz CT molecular complexity index is 823. The highest BCUT2D eigenvalue weighted by Gasteiger charge is 2.29. The van der Waals surface area contributed by atoms with Gasteiger partial charge in [0, 0.05) is 39.3 Å². The van der Waals surface area contributed by atoms with Crippen LogP contribution in [0.3, 0.4) is 0 Å². The van der Waals surface area contributed by atoms with Crippen molar-refractivity contribution in [1.29, 1.82) is 0 Å². The van der Waals surface area contributed by atoms with E-state index in [-0.39, 0.29) is 59.3 Å². The summed E-state index contributed by atoms with van der Waals surface area (Å²) in [6.07, 6.45) is -1.29. The lowest BCUT2D eigenvalue weighted by Crippen LogP contribution is -2.44. The first-order chi connectivity index (χ1) is 20.3.